The molecule has 0 aliphatic heterocycles. The second kappa shape index (κ2) is 11.2. The van der Waals surface area contributed by atoms with E-state index in [-0.39, 0.29) is 0 Å². The number of hydrogen-bond acceptors (Lipinski definition) is 3. The largest absolute Gasteiger partial charge is 0.456 e. The van der Waals surface area contributed by atoms with Crippen molar-refractivity contribution >= 4 is 65.4 Å². The third-order valence-corrected chi connectivity index (χ3v) is 10.4. The molecule has 0 spiro atoms. The van der Waals surface area contributed by atoms with Crippen LogP contribution in [0.1, 0.15) is 0 Å². The van der Waals surface area contributed by atoms with Crippen LogP contribution in [-0.4, -0.2) is 14.5 Å². The fourth-order valence-corrected chi connectivity index (χ4v) is 7.93. The molecule has 0 amide bonds. The summed E-state index contributed by atoms with van der Waals surface area (Å²) >= 11 is 0. The summed E-state index contributed by atoms with van der Waals surface area (Å²) in [6.45, 7) is 0. The first-order valence-electron chi connectivity index (χ1n) is 17.6. The van der Waals surface area contributed by atoms with Crippen LogP contribution >= 0.6 is 0 Å². The van der Waals surface area contributed by atoms with Gasteiger partial charge in [-0.2, -0.15) is 0 Å². The number of benzene rings is 8. The predicted octanol–water partition coefficient (Wildman–Crippen LogP) is 12.8. The van der Waals surface area contributed by atoms with Crippen molar-refractivity contribution in [2.45, 2.75) is 0 Å². The standard InChI is InChI=1S/C48H29N3O/c1-2-10-30(11-3-1)31-18-20-32(21-19-31)47-38-13-4-7-15-41(38)49-48(50-47)51-42-16-8-5-14-39(42)46-36-25-22-33(28-35(36)23-26-43(46)51)34-24-27-45-40(29-34)37-12-6-9-17-44(37)52-45/h1-29H. The molecule has 3 heterocycles. The maximum atomic E-state index is 6.11. The molecule has 242 valence electrons. The highest BCUT2D eigenvalue weighted by molar-refractivity contribution is 6.21. The van der Waals surface area contributed by atoms with E-state index in [0.717, 1.165) is 60.7 Å². The highest BCUT2D eigenvalue weighted by Gasteiger charge is 2.19. The van der Waals surface area contributed by atoms with Crippen LogP contribution in [-0.2, 0) is 0 Å². The van der Waals surface area contributed by atoms with Gasteiger partial charge in [-0.15, -0.1) is 0 Å². The molecule has 0 bridgehead atoms. The van der Waals surface area contributed by atoms with Crippen LogP contribution in [0, 0.1) is 0 Å². The average molecular weight is 664 g/mol. The maximum absolute atomic E-state index is 6.11. The van der Waals surface area contributed by atoms with E-state index in [0.29, 0.717) is 5.95 Å². The fraction of sp³-hybridized carbons (Fsp3) is 0. The summed E-state index contributed by atoms with van der Waals surface area (Å²) in [7, 11) is 0. The molecule has 0 aliphatic carbocycles. The molecule has 0 radical (unpaired) electrons. The van der Waals surface area contributed by atoms with E-state index in [1.165, 1.54) is 38.2 Å². The highest BCUT2D eigenvalue weighted by atomic mass is 16.3. The number of fused-ring (bicyclic) bond motifs is 9. The Bertz CT molecular complexity index is 3170. The summed E-state index contributed by atoms with van der Waals surface area (Å²) in [5, 5.41) is 8.05. The van der Waals surface area contributed by atoms with Gasteiger partial charge < -0.3 is 4.42 Å². The lowest BCUT2D eigenvalue weighted by atomic mass is 9.97. The summed E-state index contributed by atoms with van der Waals surface area (Å²) in [6, 6.07) is 62.0. The number of nitrogens with zero attached hydrogens (tertiary/aromatic N) is 3. The minimum absolute atomic E-state index is 0.656. The van der Waals surface area contributed by atoms with Crippen LogP contribution in [0.2, 0.25) is 0 Å². The Balaban J connectivity index is 1.08. The topological polar surface area (TPSA) is 43.9 Å². The van der Waals surface area contributed by atoms with Crippen molar-refractivity contribution in [1.29, 1.82) is 0 Å². The van der Waals surface area contributed by atoms with Crippen molar-refractivity contribution in [2.24, 2.45) is 0 Å². The first kappa shape index (κ1) is 28.8. The Kier molecular flexibility index (Phi) is 6.22. The Morgan fingerprint density at radius 1 is 0.385 bits per heavy atom. The minimum Gasteiger partial charge on any atom is -0.456 e. The number of para-hydroxylation sites is 3. The van der Waals surface area contributed by atoms with Crippen molar-refractivity contribution in [2.75, 3.05) is 0 Å². The van der Waals surface area contributed by atoms with Crippen molar-refractivity contribution in [3.8, 4) is 39.5 Å². The lowest BCUT2D eigenvalue weighted by Gasteiger charge is -2.12. The van der Waals surface area contributed by atoms with E-state index in [2.05, 4.69) is 156 Å². The Labute approximate surface area is 298 Å². The summed E-state index contributed by atoms with van der Waals surface area (Å²) in [6.07, 6.45) is 0. The second-order valence-electron chi connectivity index (χ2n) is 13.4. The third kappa shape index (κ3) is 4.41. The number of aromatic nitrogens is 3. The Hall–Kier alpha value is -7.04. The molecule has 0 saturated carbocycles. The van der Waals surface area contributed by atoms with Crippen LogP contribution in [0.15, 0.2) is 180 Å². The molecule has 0 fully saturated rings. The number of furan rings is 1. The SMILES string of the molecule is c1ccc(-c2ccc(-c3nc(-n4c5ccccc5c5c6ccc(-c7ccc8oc9ccccc9c8c7)cc6ccc54)nc4ccccc34)cc2)cc1. The molecular formula is C48H29N3O. The van der Waals surface area contributed by atoms with Crippen LogP contribution in [0.3, 0.4) is 0 Å². The lowest BCUT2D eigenvalue weighted by molar-refractivity contribution is 0.669. The van der Waals surface area contributed by atoms with Crippen LogP contribution in [0.4, 0.5) is 0 Å². The second-order valence-corrected chi connectivity index (χ2v) is 13.4. The molecule has 8 aromatic carbocycles. The molecule has 0 saturated heterocycles. The van der Waals surface area contributed by atoms with Crippen LogP contribution in [0.5, 0.6) is 0 Å². The van der Waals surface area contributed by atoms with Crippen molar-refractivity contribution in [3.05, 3.63) is 176 Å². The maximum Gasteiger partial charge on any atom is 0.235 e. The summed E-state index contributed by atoms with van der Waals surface area (Å²) in [4.78, 5) is 10.5. The van der Waals surface area contributed by atoms with Crippen LogP contribution < -0.4 is 0 Å². The van der Waals surface area contributed by atoms with E-state index in [9.17, 15) is 0 Å². The van der Waals surface area contributed by atoms with Crippen molar-refractivity contribution in [1.82, 2.24) is 14.5 Å². The quantitative estimate of drug-likeness (QED) is 0.188. The first-order chi connectivity index (χ1) is 25.8. The van der Waals surface area contributed by atoms with Gasteiger partial charge in [0.05, 0.1) is 22.2 Å². The van der Waals surface area contributed by atoms with Gasteiger partial charge in [0.2, 0.25) is 5.95 Å². The van der Waals surface area contributed by atoms with E-state index >= 15 is 0 Å². The van der Waals surface area contributed by atoms with Crippen LogP contribution in [0.25, 0.3) is 105 Å². The van der Waals surface area contributed by atoms with Gasteiger partial charge in [0.25, 0.3) is 0 Å². The average Bonchev–Trinajstić information content (AvgIpc) is 3.76. The van der Waals surface area contributed by atoms with E-state index in [1.807, 2.05) is 24.3 Å². The van der Waals surface area contributed by atoms with Crippen molar-refractivity contribution in [3.63, 3.8) is 0 Å². The summed E-state index contributed by atoms with van der Waals surface area (Å²) in [5.74, 6) is 0.656. The van der Waals surface area contributed by atoms with E-state index < -0.39 is 0 Å². The van der Waals surface area contributed by atoms with Gasteiger partial charge >= 0.3 is 0 Å². The predicted molar refractivity (Wildman–Crippen MR) is 215 cm³/mol. The van der Waals surface area contributed by atoms with Gasteiger partial charge in [0.15, 0.2) is 0 Å². The van der Waals surface area contributed by atoms with E-state index in [4.69, 9.17) is 14.4 Å². The molecular weight excluding hydrogens is 635 g/mol. The zero-order chi connectivity index (χ0) is 34.2. The lowest BCUT2D eigenvalue weighted by Crippen LogP contribution is -2.03. The number of rotatable bonds is 4. The molecule has 0 unspecified atom stereocenters. The summed E-state index contributed by atoms with van der Waals surface area (Å²) in [5.41, 5.74) is 11.6. The molecule has 0 aliphatic rings. The zero-order valence-electron chi connectivity index (χ0n) is 28.0. The molecule has 11 aromatic rings. The first-order valence-corrected chi connectivity index (χ1v) is 17.6. The van der Waals surface area contributed by atoms with Gasteiger partial charge in [-0.25, -0.2) is 9.97 Å². The Morgan fingerprint density at radius 3 is 1.92 bits per heavy atom. The molecule has 3 aromatic heterocycles. The highest BCUT2D eigenvalue weighted by Crippen LogP contribution is 2.39. The van der Waals surface area contributed by atoms with Gasteiger partial charge in [0.1, 0.15) is 11.2 Å². The fourth-order valence-electron chi connectivity index (χ4n) is 7.93. The normalized spacial score (nSPS) is 11.8. The molecule has 0 atom stereocenters. The molecule has 0 N–H and O–H groups in total. The van der Waals surface area contributed by atoms with Gasteiger partial charge in [-0.1, -0.05) is 133 Å². The van der Waals surface area contributed by atoms with Crippen molar-refractivity contribution < 1.29 is 4.42 Å². The molecule has 4 heteroatoms. The minimum atomic E-state index is 0.656. The third-order valence-electron chi connectivity index (χ3n) is 10.4. The number of hydrogen-bond donors (Lipinski definition) is 0. The summed E-state index contributed by atoms with van der Waals surface area (Å²) < 4.78 is 8.33. The van der Waals surface area contributed by atoms with Gasteiger partial charge in [-0.3, -0.25) is 4.57 Å². The smallest absolute Gasteiger partial charge is 0.235 e. The molecule has 11 rings (SSSR count). The monoisotopic (exact) mass is 663 g/mol. The Morgan fingerprint density at radius 2 is 1.04 bits per heavy atom. The van der Waals surface area contributed by atoms with E-state index in [1.54, 1.807) is 0 Å². The molecule has 4 nitrogen and oxygen atoms in total. The molecule has 52 heavy (non-hydrogen) atoms. The van der Waals surface area contributed by atoms with Gasteiger partial charge in [0, 0.05) is 32.5 Å². The zero-order valence-corrected chi connectivity index (χ0v) is 28.0. The van der Waals surface area contributed by atoms with Gasteiger partial charge in [-0.05, 0) is 75.5 Å².